The Balaban J connectivity index is 1.25. The molecular weight excluding hydrogens is 302 g/mol. The molecule has 1 aromatic carbocycles. The molecule has 0 radical (unpaired) electrons. The molecule has 2 heterocycles. The summed E-state index contributed by atoms with van der Waals surface area (Å²) in [5.74, 6) is 0.623. The Labute approximate surface area is 141 Å². The summed E-state index contributed by atoms with van der Waals surface area (Å²) in [5.41, 5.74) is 2.35. The Bertz CT molecular complexity index is 694. The normalized spacial score (nSPS) is 20.3. The first-order valence-electron chi connectivity index (χ1n) is 8.78. The molecule has 1 N–H and O–H groups in total. The Hall–Kier alpha value is -2.37. The first-order valence-corrected chi connectivity index (χ1v) is 8.78. The van der Waals surface area contributed by atoms with Crippen LogP contribution in [0.3, 0.4) is 0 Å². The van der Waals surface area contributed by atoms with E-state index in [-0.39, 0.29) is 12.1 Å². The van der Waals surface area contributed by atoms with Crippen LogP contribution < -0.4 is 5.32 Å². The van der Waals surface area contributed by atoms with E-state index in [4.69, 9.17) is 0 Å². The van der Waals surface area contributed by atoms with Crippen LogP contribution in [-0.4, -0.2) is 45.6 Å². The average Bonchev–Trinajstić information content (AvgIpc) is 3.13. The van der Waals surface area contributed by atoms with E-state index in [0.717, 1.165) is 25.1 Å². The zero-order valence-corrected chi connectivity index (χ0v) is 13.8. The maximum atomic E-state index is 12.3. The number of urea groups is 1. The molecule has 1 saturated carbocycles. The van der Waals surface area contributed by atoms with Crippen LogP contribution in [0.25, 0.3) is 0 Å². The second kappa shape index (κ2) is 6.63. The van der Waals surface area contributed by atoms with Crippen LogP contribution in [-0.2, 0) is 6.42 Å². The van der Waals surface area contributed by atoms with E-state index < -0.39 is 0 Å². The summed E-state index contributed by atoms with van der Waals surface area (Å²) < 4.78 is 1.95. The van der Waals surface area contributed by atoms with Crippen LogP contribution in [0.2, 0.25) is 0 Å². The summed E-state index contributed by atoms with van der Waals surface area (Å²) in [6.07, 6.45) is 6.34. The minimum absolute atomic E-state index is 0.0240. The summed E-state index contributed by atoms with van der Waals surface area (Å²) in [6.45, 7) is 2.16. The number of likely N-dealkylation sites (tertiary alicyclic amines) is 1. The first kappa shape index (κ1) is 15.2. The van der Waals surface area contributed by atoms with Gasteiger partial charge in [0, 0.05) is 31.7 Å². The second-order valence-corrected chi connectivity index (χ2v) is 6.75. The van der Waals surface area contributed by atoms with Crippen molar-refractivity contribution in [1.29, 1.82) is 0 Å². The highest BCUT2D eigenvalue weighted by Gasteiger charge is 2.31. The van der Waals surface area contributed by atoms with Crippen molar-refractivity contribution in [2.45, 2.75) is 37.6 Å². The van der Waals surface area contributed by atoms with Gasteiger partial charge in [0.2, 0.25) is 0 Å². The molecule has 2 aromatic rings. The maximum Gasteiger partial charge on any atom is 0.317 e. The molecule has 2 aliphatic rings. The van der Waals surface area contributed by atoms with Gasteiger partial charge in [0.25, 0.3) is 0 Å². The third-order valence-corrected chi connectivity index (χ3v) is 4.88. The third kappa shape index (κ3) is 3.42. The fourth-order valence-electron chi connectivity index (χ4n) is 3.25. The fraction of sp³-hybridized carbons (Fsp3) is 0.500. The van der Waals surface area contributed by atoms with Gasteiger partial charge in [-0.15, -0.1) is 5.10 Å². The largest absolute Gasteiger partial charge is 0.338 e. The average molecular weight is 325 g/mol. The molecular formula is C18H23N5O. The summed E-state index contributed by atoms with van der Waals surface area (Å²) in [6, 6.07) is 10.5. The van der Waals surface area contributed by atoms with Crippen LogP contribution >= 0.6 is 0 Å². The number of benzene rings is 1. The lowest BCUT2D eigenvalue weighted by Crippen LogP contribution is -2.39. The zero-order chi connectivity index (χ0) is 16.4. The molecule has 24 heavy (non-hydrogen) atoms. The molecule has 1 unspecified atom stereocenters. The molecule has 1 saturated heterocycles. The minimum atomic E-state index is 0.0240. The Morgan fingerprint density at radius 1 is 1.21 bits per heavy atom. The predicted octanol–water partition coefficient (Wildman–Crippen LogP) is 2.35. The Morgan fingerprint density at radius 2 is 2.04 bits per heavy atom. The monoisotopic (exact) mass is 325 g/mol. The van der Waals surface area contributed by atoms with Gasteiger partial charge >= 0.3 is 6.03 Å². The van der Waals surface area contributed by atoms with Crippen molar-refractivity contribution >= 4 is 6.03 Å². The molecule has 2 fully saturated rings. The van der Waals surface area contributed by atoms with Crippen LogP contribution in [0.4, 0.5) is 4.79 Å². The lowest BCUT2D eigenvalue weighted by atomic mass is 10.1. The first-order chi connectivity index (χ1) is 11.8. The quantitative estimate of drug-likeness (QED) is 0.918. The Morgan fingerprint density at radius 3 is 2.83 bits per heavy atom. The van der Waals surface area contributed by atoms with Gasteiger partial charge in [-0.25, -0.2) is 9.48 Å². The number of carbonyl (C=O) groups excluding carboxylic acids is 1. The minimum Gasteiger partial charge on any atom is -0.338 e. The molecule has 6 heteroatoms. The number of nitrogens with one attached hydrogen (secondary N) is 1. The van der Waals surface area contributed by atoms with E-state index >= 15 is 0 Å². The summed E-state index contributed by atoms with van der Waals surface area (Å²) in [5, 5.41) is 11.6. The molecule has 0 spiro atoms. The van der Waals surface area contributed by atoms with Crippen molar-refractivity contribution in [1.82, 2.24) is 25.2 Å². The highest BCUT2D eigenvalue weighted by atomic mass is 16.2. The summed E-state index contributed by atoms with van der Waals surface area (Å²) in [4.78, 5) is 14.2. The van der Waals surface area contributed by atoms with Crippen molar-refractivity contribution in [3.05, 3.63) is 47.8 Å². The molecule has 1 aromatic heterocycles. The van der Waals surface area contributed by atoms with E-state index in [2.05, 4.69) is 34.0 Å². The molecule has 2 amide bonds. The molecule has 1 atom stereocenters. The fourth-order valence-corrected chi connectivity index (χ4v) is 3.25. The topological polar surface area (TPSA) is 63.1 Å². The number of amides is 2. The van der Waals surface area contributed by atoms with Crippen LogP contribution in [0.15, 0.2) is 36.5 Å². The third-order valence-electron chi connectivity index (χ3n) is 4.88. The molecule has 1 aliphatic carbocycles. The molecule has 6 nitrogen and oxygen atoms in total. The number of nitrogens with zero attached hydrogens (tertiary/aromatic N) is 4. The lowest BCUT2D eigenvalue weighted by Gasteiger charge is -2.17. The van der Waals surface area contributed by atoms with Gasteiger partial charge in [-0.2, -0.15) is 0 Å². The van der Waals surface area contributed by atoms with Gasteiger partial charge in [-0.1, -0.05) is 35.5 Å². The van der Waals surface area contributed by atoms with E-state index in [1.165, 1.54) is 18.4 Å². The lowest BCUT2D eigenvalue weighted by molar-refractivity contribution is 0.207. The highest BCUT2D eigenvalue weighted by Crippen LogP contribution is 2.39. The van der Waals surface area contributed by atoms with E-state index in [9.17, 15) is 4.79 Å². The maximum absolute atomic E-state index is 12.3. The smallest absolute Gasteiger partial charge is 0.317 e. The van der Waals surface area contributed by atoms with E-state index in [1.54, 1.807) is 0 Å². The van der Waals surface area contributed by atoms with Gasteiger partial charge < -0.3 is 10.2 Å². The number of rotatable bonds is 5. The number of hydrogen-bond donors (Lipinski definition) is 1. The van der Waals surface area contributed by atoms with E-state index in [0.29, 0.717) is 19.0 Å². The van der Waals surface area contributed by atoms with Gasteiger partial charge in [-0.05, 0) is 31.2 Å². The second-order valence-electron chi connectivity index (χ2n) is 6.75. The SMILES string of the molecule is O=C(NCCc1ccccc1)N1CCC(n2cc(C3CC3)nn2)C1. The van der Waals surface area contributed by atoms with Crippen molar-refractivity contribution < 1.29 is 4.79 Å². The standard InChI is InChI=1S/C18H23N5O/c24-18(19-10-8-14-4-2-1-3-5-14)22-11-9-16(12-22)23-13-17(20-21-23)15-6-7-15/h1-5,13,15-16H,6-12H2,(H,19,24). The van der Waals surface area contributed by atoms with Gasteiger partial charge in [-0.3, -0.25) is 0 Å². The van der Waals surface area contributed by atoms with Crippen LogP contribution in [0.1, 0.15) is 42.5 Å². The molecule has 0 bridgehead atoms. The Kier molecular flexibility index (Phi) is 4.19. The van der Waals surface area contributed by atoms with Gasteiger partial charge in [0.15, 0.2) is 0 Å². The van der Waals surface area contributed by atoms with Crippen LogP contribution in [0.5, 0.6) is 0 Å². The summed E-state index contributed by atoms with van der Waals surface area (Å²) >= 11 is 0. The molecule has 1 aliphatic heterocycles. The van der Waals surface area contributed by atoms with Crippen LogP contribution in [0, 0.1) is 0 Å². The van der Waals surface area contributed by atoms with Crippen molar-refractivity contribution in [3.63, 3.8) is 0 Å². The predicted molar refractivity (Wildman–Crippen MR) is 90.8 cm³/mol. The van der Waals surface area contributed by atoms with Crippen molar-refractivity contribution in [2.75, 3.05) is 19.6 Å². The highest BCUT2D eigenvalue weighted by molar-refractivity contribution is 5.74. The number of carbonyl (C=O) groups is 1. The number of aromatic nitrogens is 3. The number of hydrogen-bond acceptors (Lipinski definition) is 3. The van der Waals surface area contributed by atoms with E-state index in [1.807, 2.05) is 27.8 Å². The summed E-state index contributed by atoms with van der Waals surface area (Å²) in [7, 11) is 0. The zero-order valence-electron chi connectivity index (χ0n) is 13.8. The molecule has 126 valence electrons. The molecule has 4 rings (SSSR count). The van der Waals surface area contributed by atoms with Crippen molar-refractivity contribution in [3.8, 4) is 0 Å². The van der Waals surface area contributed by atoms with Crippen molar-refractivity contribution in [2.24, 2.45) is 0 Å². The van der Waals surface area contributed by atoms with Gasteiger partial charge in [0.05, 0.1) is 11.7 Å². The van der Waals surface area contributed by atoms with Gasteiger partial charge in [0.1, 0.15) is 0 Å².